The molecule has 0 aromatic rings. The van der Waals surface area contributed by atoms with Crippen LogP contribution in [0.3, 0.4) is 0 Å². The Morgan fingerprint density at radius 3 is 2.12 bits per heavy atom. The van der Waals surface area contributed by atoms with Crippen LogP contribution >= 0.6 is 0 Å². The number of aliphatic hydroxyl groups is 1. The molecule has 4 heteroatoms. The Kier molecular flexibility index (Phi) is 5.38. The number of piperazine rings is 1. The normalized spacial score (nSPS) is 22.1. The summed E-state index contributed by atoms with van der Waals surface area (Å²) in [5.74, 6) is 0.341. The Labute approximate surface area is 106 Å². The number of nitrogens with two attached hydrogens (primary N) is 1. The lowest BCUT2D eigenvalue weighted by Crippen LogP contribution is -2.58. The first-order valence-electron chi connectivity index (χ1n) is 6.72. The van der Waals surface area contributed by atoms with E-state index in [-0.39, 0.29) is 11.6 Å². The van der Waals surface area contributed by atoms with Crippen LogP contribution in [0.2, 0.25) is 0 Å². The van der Waals surface area contributed by atoms with E-state index in [1.807, 2.05) is 0 Å². The van der Waals surface area contributed by atoms with Crippen LogP contribution in [0.1, 0.15) is 27.7 Å². The summed E-state index contributed by atoms with van der Waals surface area (Å²) in [5, 5.41) is 9.88. The van der Waals surface area contributed by atoms with Gasteiger partial charge < -0.3 is 10.8 Å². The van der Waals surface area contributed by atoms with Crippen molar-refractivity contribution in [2.45, 2.75) is 39.3 Å². The molecule has 4 nitrogen and oxygen atoms in total. The molecule has 1 unspecified atom stereocenters. The van der Waals surface area contributed by atoms with Gasteiger partial charge in [0.25, 0.3) is 0 Å². The number of nitrogens with zero attached hydrogens (tertiary/aromatic N) is 2. The van der Waals surface area contributed by atoms with Crippen LogP contribution in [-0.4, -0.2) is 65.8 Å². The molecule has 1 saturated heterocycles. The van der Waals surface area contributed by atoms with E-state index in [9.17, 15) is 5.11 Å². The highest BCUT2D eigenvalue weighted by molar-refractivity contribution is 4.86. The summed E-state index contributed by atoms with van der Waals surface area (Å²) >= 11 is 0. The van der Waals surface area contributed by atoms with Crippen LogP contribution < -0.4 is 5.73 Å². The largest absolute Gasteiger partial charge is 0.392 e. The molecule has 0 bridgehead atoms. The lowest BCUT2D eigenvalue weighted by Gasteiger charge is -2.44. The van der Waals surface area contributed by atoms with Crippen molar-refractivity contribution < 1.29 is 5.11 Å². The van der Waals surface area contributed by atoms with Crippen molar-refractivity contribution in [2.24, 2.45) is 11.7 Å². The van der Waals surface area contributed by atoms with E-state index in [4.69, 9.17) is 5.73 Å². The van der Waals surface area contributed by atoms with Gasteiger partial charge in [0.1, 0.15) is 0 Å². The lowest BCUT2D eigenvalue weighted by atomic mass is 10.0. The third kappa shape index (κ3) is 4.21. The second kappa shape index (κ2) is 6.14. The molecule has 0 spiro atoms. The molecule has 1 rings (SSSR count). The highest BCUT2D eigenvalue weighted by Gasteiger charge is 2.29. The van der Waals surface area contributed by atoms with Crippen molar-refractivity contribution in [1.29, 1.82) is 0 Å². The zero-order valence-electron chi connectivity index (χ0n) is 11.8. The van der Waals surface area contributed by atoms with Gasteiger partial charge in [-0.15, -0.1) is 0 Å². The Balaban J connectivity index is 2.36. The van der Waals surface area contributed by atoms with Gasteiger partial charge in [0, 0.05) is 44.8 Å². The Morgan fingerprint density at radius 2 is 1.71 bits per heavy atom. The van der Waals surface area contributed by atoms with E-state index in [0.29, 0.717) is 12.5 Å². The Bertz CT molecular complexity index is 223. The fraction of sp³-hybridized carbons (Fsp3) is 1.00. The maximum Gasteiger partial charge on any atom is 0.0689 e. The molecule has 0 radical (unpaired) electrons. The Morgan fingerprint density at radius 1 is 1.18 bits per heavy atom. The van der Waals surface area contributed by atoms with E-state index in [0.717, 1.165) is 32.7 Å². The molecule has 17 heavy (non-hydrogen) atoms. The molecule has 1 fully saturated rings. The molecule has 0 saturated carbocycles. The van der Waals surface area contributed by atoms with Gasteiger partial charge in [-0.05, 0) is 19.8 Å². The molecule has 1 aliphatic rings. The van der Waals surface area contributed by atoms with E-state index < -0.39 is 0 Å². The van der Waals surface area contributed by atoms with Crippen molar-refractivity contribution in [3.63, 3.8) is 0 Å². The number of rotatable bonds is 5. The number of β-amino-alcohol motifs (C(OH)–C–C–N with tert-alkyl or cyclic N) is 1. The minimum Gasteiger partial charge on any atom is -0.392 e. The molecule has 1 heterocycles. The molecule has 0 aliphatic carbocycles. The third-order valence-corrected chi connectivity index (χ3v) is 3.94. The average molecular weight is 243 g/mol. The lowest BCUT2D eigenvalue weighted by molar-refractivity contribution is 0.0217. The summed E-state index contributed by atoms with van der Waals surface area (Å²) in [6.45, 7) is 14.2. The zero-order chi connectivity index (χ0) is 13.1. The summed E-state index contributed by atoms with van der Waals surface area (Å²) < 4.78 is 0. The summed E-state index contributed by atoms with van der Waals surface area (Å²) in [6.07, 6.45) is -0.205. The molecule has 0 amide bonds. The number of hydrogen-bond donors (Lipinski definition) is 2. The fourth-order valence-corrected chi connectivity index (χ4v) is 2.14. The van der Waals surface area contributed by atoms with Crippen molar-refractivity contribution >= 4 is 0 Å². The topological polar surface area (TPSA) is 52.7 Å². The summed E-state index contributed by atoms with van der Waals surface area (Å²) in [6, 6.07) is 0. The molecule has 1 aliphatic heterocycles. The zero-order valence-corrected chi connectivity index (χ0v) is 11.8. The van der Waals surface area contributed by atoms with Crippen LogP contribution in [0.25, 0.3) is 0 Å². The van der Waals surface area contributed by atoms with Gasteiger partial charge in [-0.3, -0.25) is 9.80 Å². The van der Waals surface area contributed by atoms with Crippen LogP contribution in [0, 0.1) is 5.92 Å². The first-order valence-corrected chi connectivity index (χ1v) is 6.72. The molecule has 0 aromatic carbocycles. The van der Waals surface area contributed by atoms with Gasteiger partial charge in [-0.2, -0.15) is 0 Å². The average Bonchev–Trinajstić information content (AvgIpc) is 2.29. The van der Waals surface area contributed by atoms with Gasteiger partial charge in [0.2, 0.25) is 0 Å². The van der Waals surface area contributed by atoms with Crippen molar-refractivity contribution in [3.05, 3.63) is 0 Å². The molecule has 1 atom stereocenters. The molecule has 102 valence electrons. The molecular weight excluding hydrogens is 214 g/mol. The summed E-state index contributed by atoms with van der Waals surface area (Å²) in [5.41, 5.74) is 5.90. The monoisotopic (exact) mass is 243 g/mol. The van der Waals surface area contributed by atoms with Crippen molar-refractivity contribution in [2.75, 3.05) is 39.3 Å². The SMILES string of the molecule is CC(C)C(O)CN1CCN(C(C)(C)CN)CC1. The number of aliphatic hydroxyl groups excluding tert-OH is 1. The Hall–Kier alpha value is -0.160. The van der Waals surface area contributed by atoms with Gasteiger partial charge in [-0.25, -0.2) is 0 Å². The maximum atomic E-state index is 9.88. The molecule has 0 aromatic heterocycles. The summed E-state index contributed by atoms with van der Waals surface area (Å²) in [4.78, 5) is 4.80. The van der Waals surface area contributed by atoms with E-state index >= 15 is 0 Å². The van der Waals surface area contributed by atoms with Crippen molar-refractivity contribution in [1.82, 2.24) is 9.80 Å². The fourth-order valence-electron chi connectivity index (χ4n) is 2.14. The van der Waals surface area contributed by atoms with E-state index in [1.54, 1.807) is 0 Å². The maximum absolute atomic E-state index is 9.88. The first-order chi connectivity index (χ1) is 7.86. The third-order valence-electron chi connectivity index (χ3n) is 3.94. The molecule has 3 N–H and O–H groups in total. The van der Waals surface area contributed by atoms with Gasteiger partial charge in [-0.1, -0.05) is 13.8 Å². The summed E-state index contributed by atoms with van der Waals surface area (Å²) in [7, 11) is 0. The minimum absolute atomic E-state index is 0.1000. The predicted octanol–water partition coefficient (Wildman–Crippen LogP) is 0.358. The highest BCUT2D eigenvalue weighted by Crippen LogP contribution is 2.16. The van der Waals surface area contributed by atoms with E-state index in [1.165, 1.54) is 0 Å². The second-order valence-electron chi connectivity index (χ2n) is 6.12. The van der Waals surface area contributed by atoms with Crippen molar-refractivity contribution in [3.8, 4) is 0 Å². The van der Waals surface area contributed by atoms with Crippen LogP contribution in [-0.2, 0) is 0 Å². The van der Waals surface area contributed by atoms with Crippen LogP contribution in [0.4, 0.5) is 0 Å². The second-order valence-corrected chi connectivity index (χ2v) is 6.12. The predicted molar refractivity (Wildman–Crippen MR) is 72.0 cm³/mol. The molecular formula is C13H29N3O. The van der Waals surface area contributed by atoms with E-state index in [2.05, 4.69) is 37.5 Å². The number of hydrogen-bond acceptors (Lipinski definition) is 4. The quantitative estimate of drug-likeness (QED) is 0.732. The first kappa shape index (κ1) is 14.9. The minimum atomic E-state index is -0.205. The highest BCUT2D eigenvalue weighted by atomic mass is 16.3. The van der Waals surface area contributed by atoms with Gasteiger partial charge in [0.15, 0.2) is 0 Å². The van der Waals surface area contributed by atoms with Crippen LogP contribution in [0.15, 0.2) is 0 Å². The van der Waals surface area contributed by atoms with Gasteiger partial charge in [0.05, 0.1) is 6.10 Å². The van der Waals surface area contributed by atoms with Gasteiger partial charge >= 0.3 is 0 Å². The van der Waals surface area contributed by atoms with Crippen LogP contribution in [0.5, 0.6) is 0 Å². The standard InChI is InChI=1S/C13H29N3O/c1-11(2)12(17)9-15-5-7-16(8-6-15)13(3,4)10-14/h11-12,17H,5-10,14H2,1-4H3. The smallest absolute Gasteiger partial charge is 0.0689 e.